The lowest BCUT2D eigenvalue weighted by Crippen LogP contribution is -2.28. The lowest BCUT2D eigenvalue weighted by Gasteiger charge is -2.06. The molecule has 0 aliphatic carbocycles. The Morgan fingerprint density at radius 2 is 2.06 bits per heavy atom. The van der Waals surface area contributed by atoms with Crippen molar-refractivity contribution in [2.75, 3.05) is 13.1 Å². The fourth-order valence-electron chi connectivity index (χ4n) is 1.44. The third-order valence-electron chi connectivity index (χ3n) is 2.43. The Kier molecular flexibility index (Phi) is 6.28. The van der Waals surface area contributed by atoms with Crippen LogP contribution < -0.4 is 10.6 Å². The summed E-state index contributed by atoms with van der Waals surface area (Å²) in [4.78, 5) is 11.3. The zero-order chi connectivity index (χ0) is 13.4. The van der Waals surface area contributed by atoms with Gasteiger partial charge in [0.1, 0.15) is 11.6 Å². The first kappa shape index (κ1) is 14.6. The molecule has 0 unspecified atom stereocenters. The molecular formula is C13H18F2N2O. The molecule has 0 saturated carbocycles. The quantitative estimate of drug-likeness (QED) is 0.732. The van der Waals surface area contributed by atoms with Crippen LogP contribution in [0.5, 0.6) is 0 Å². The van der Waals surface area contributed by atoms with E-state index < -0.39 is 11.6 Å². The van der Waals surface area contributed by atoms with E-state index in [1.54, 1.807) is 0 Å². The highest BCUT2D eigenvalue weighted by Gasteiger charge is 2.04. The van der Waals surface area contributed by atoms with E-state index in [0.29, 0.717) is 25.1 Å². The van der Waals surface area contributed by atoms with Crippen LogP contribution in [0.25, 0.3) is 0 Å². The second-order valence-corrected chi connectivity index (χ2v) is 4.01. The minimum absolute atomic E-state index is 0.0241. The molecular weight excluding hydrogens is 238 g/mol. The molecule has 1 aromatic carbocycles. The monoisotopic (exact) mass is 256 g/mol. The number of halogens is 2. The number of carbonyl (C=O) groups excluding carboxylic acids is 1. The molecule has 0 bridgehead atoms. The standard InChI is InChI=1S/C13H18F2N2O/c1-2-6-17-13(18)5-7-16-9-10-3-4-11(14)8-12(10)15/h3-4,8,16H,2,5-7,9H2,1H3,(H,17,18). The second-order valence-electron chi connectivity index (χ2n) is 4.01. The zero-order valence-corrected chi connectivity index (χ0v) is 10.4. The molecule has 0 aliphatic rings. The SMILES string of the molecule is CCCNC(=O)CCNCc1ccc(F)cc1F. The molecule has 0 saturated heterocycles. The van der Waals surface area contributed by atoms with E-state index in [2.05, 4.69) is 10.6 Å². The topological polar surface area (TPSA) is 41.1 Å². The number of carbonyl (C=O) groups is 1. The number of amides is 1. The molecule has 100 valence electrons. The van der Waals surface area contributed by atoms with Gasteiger partial charge in [-0.15, -0.1) is 0 Å². The Bertz CT molecular complexity index is 397. The van der Waals surface area contributed by atoms with E-state index in [1.807, 2.05) is 6.92 Å². The van der Waals surface area contributed by atoms with Crippen molar-refractivity contribution < 1.29 is 13.6 Å². The van der Waals surface area contributed by atoms with Gasteiger partial charge in [0, 0.05) is 37.7 Å². The number of nitrogens with one attached hydrogen (secondary N) is 2. The van der Waals surface area contributed by atoms with Crippen LogP contribution in [0.2, 0.25) is 0 Å². The summed E-state index contributed by atoms with van der Waals surface area (Å²) >= 11 is 0. The molecule has 18 heavy (non-hydrogen) atoms. The largest absolute Gasteiger partial charge is 0.356 e. The predicted molar refractivity (Wildman–Crippen MR) is 66.0 cm³/mol. The van der Waals surface area contributed by atoms with Crippen molar-refractivity contribution in [2.45, 2.75) is 26.3 Å². The molecule has 5 heteroatoms. The third-order valence-corrected chi connectivity index (χ3v) is 2.43. The van der Waals surface area contributed by atoms with Crippen molar-refractivity contribution in [3.63, 3.8) is 0 Å². The number of benzene rings is 1. The van der Waals surface area contributed by atoms with Crippen LogP contribution in [0.15, 0.2) is 18.2 Å². The lowest BCUT2D eigenvalue weighted by molar-refractivity contribution is -0.120. The molecule has 0 aromatic heterocycles. The Balaban J connectivity index is 2.23. The van der Waals surface area contributed by atoms with E-state index in [1.165, 1.54) is 12.1 Å². The zero-order valence-electron chi connectivity index (χ0n) is 10.4. The average Bonchev–Trinajstić information content (AvgIpc) is 2.34. The molecule has 0 aliphatic heterocycles. The smallest absolute Gasteiger partial charge is 0.221 e. The van der Waals surface area contributed by atoms with Gasteiger partial charge in [0.2, 0.25) is 5.91 Å². The summed E-state index contributed by atoms with van der Waals surface area (Å²) < 4.78 is 25.9. The van der Waals surface area contributed by atoms with Crippen molar-refractivity contribution in [1.29, 1.82) is 0 Å². The van der Waals surface area contributed by atoms with Crippen molar-refractivity contribution in [3.8, 4) is 0 Å². The highest BCUT2D eigenvalue weighted by Crippen LogP contribution is 2.08. The molecule has 0 spiro atoms. The van der Waals surface area contributed by atoms with Crippen LogP contribution in [0.1, 0.15) is 25.3 Å². The van der Waals surface area contributed by atoms with Crippen molar-refractivity contribution in [3.05, 3.63) is 35.4 Å². The molecule has 0 heterocycles. The fraction of sp³-hybridized carbons (Fsp3) is 0.462. The summed E-state index contributed by atoms with van der Waals surface area (Å²) in [5.41, 5.74) is 0.394. The first-order valence-electron chi connectivity index (χ1n) is 6.04. The Labute approximate surface area is 106 Å². The summed E-state index contributed by atoms with van der Waals surface area (Å²) in [6.45, 7) is 3.40. The molecule has 0 radical (unpaired) electrons. The minimum atomic E-state index is -0.588. The van der Waals surface area contributed by atoms with Gasteiger partial charge < -0.3 is 10.6 Å². The highest BCUT2D eigenvalue weighted by atomic mass is 19.1. The van der Waals surface area contributed by atoms with Crippen LogP contribution in [0.3, 0.4) is 0 Å². The molecule has 0 atom stereocenters. The Hall–Kier alpha value is -1.49. The molecule has 1 rings (SSSR count). The van der Waals surface area contributed by atoms with E-state index in [9.17, 15) is 13.6 Å². The van der Waals surface area contributed by atoms with Crippen LogP contribution >= 0.6 is 0 Å². The van der Waals surface area contributed by atoms with E-state index in [4.69, 9.17) is 0 Å². The van der Waals surface area contributed by atoms with E-state index in [-0.39, 0.29) is 12.5 Å². The number of hydrogen-bond acceptors (Lipinski definition) is 2. The third kappa shape index (κ3) is 5.23. The summed E-state index contributed by atoms with van der Waals surface area (Å²) in [6, 6.07) is 3.47. The van der Waals surface area contributed by atoms with Crippen LogP contribution in [0, 0.1) is 11.6 Å². The van der Waals surface area contributed by atoms with Gasteiger partial charge in [-0.1, -0.05) is 13.0 Å². The van der Waals surface area contributed by atoms with Crippen molar-refractivity contribution >= 4 is 5.91 Å². The summed E-state index contributed by atoms with van der Waals surface area (Å²) in [5, 5.41) is 5.69. The molecule has 1 amide bonds. The Morgan fingerprint density at radius 1 is 1.28 bits per heavy atom. The summed E-state index contributed by atoms with van der Waals surface area (Å²) in [7, 11) is 0. The number of rotatable bonds is 7. The molecule has 1 aromatic rings. The second kappa shape index (κ2) is 7.76. The van der Waals surface area contributed by atoms with Gasteiger partial charge in [0.15, 0.2) is 0 Å². The van der Waals surface area contributed by atoms with Gasteiger partial charge in [0.05, 0.1) is 0 Å². The maximum atomic E-state index is 13.2. The van der Waals surface area contributed by atoms with Gasteiger partial charge in [-0.25, -0.2) is 8.78 Å². The normalized spacial score (nSPS) is 10.4. The van der Waals surface area contributed by atoms with Gasteiger partial charge >= 0.3 is 0 Å². The summed E-state index contributed by atoms with van der Waals surface area (Å²) in [6.07, 6.45) is 1.25. The minimum Gasteiger partial charge on any atom is -0.356 e. The maximum Gasteiger partial charge on any atom is 0.221 e. The Morgan fingerprint density at radius 3 is 2.72 bits per heavy atom. The highest BCUT2D eigenvalue weighted by molar-refractivity contribution is 5.75. The molecule has 2 N–H and O–H groups in total. The fourth-order valence-corrected chi connectivity index (χ4v) is 1.44. The van der Waals surface area contributed by atoms with Gasteiger partial charge in [-0.05, 0) is 12.5 Å². The average molecular weight is 256 g/mol. The molecule has 3 nitrogen and oxygen atoms in total. The summed E-state index contributed by atoms with van der Waals surface area (Å²) in [5.74, 6) is -1.18. The van der Waals surface area contributed by atoms with Crippen LogP contribution in [-0.4, -0.2) is 19.0 Å². The van der Waals surface area contributed by atoms with E-state index >= 15 is 0 Å². The van der Waals surface area contributed by atoms with Gasteiger partial charge in [0.25, 0.3) is 0 Å². The van der Waals surface area contributed by atoms with E-state index in [0.717, 1.165) is 12.5 Å². The predicted octanol–water partition coefficient (Wildman–Crippen LogP) is 1.97. The van der Waals surface area contributed by atoms with Crippen molar-refractivity contribution in [2.24, 2.45) is 0 Å². The maximum absolute atomic E-state index is 13.2. The van der Waals surface area contributed by atoms with Crippen molar-refractivity contribution in [1.82, 2.24) is 10.6 Å². The van der Waals surface area contributed by atoms with Crippen LogP contribution in [-0.2, 0) is 11.3 Å². The van der Waals surface area contributed by atoms with Crippen LogP contribution in [0.4, 0.5) is 8.78 Å². The first-order chi connectivity index (χ1) is 8.63. The number of hydrogen-bond donors (Lipinski definition) is 2. The lowest BCUT2D eigenvalue weighted by atomic mass is 10.2. The van der Waals surface area contributed by atoms with Gasteiger partial charge in [-0.3, -0.25) is 4.79 Å². The first-order valence-corrected chi connectivity index (χ1v) is 6.04. The van der Waals surface area contributed by atoms with Gasteiger partial charge in [-0.2, -0.15) is 0 Å². The molecule has 0 fully saturated rings.